The second kappa shape index (κ2) is 14.6. The van der Waals surface area contributed by atoms with E-state index in [2.05, 4.69) is 13.8 Å². The first-order valence-corrected chi connectivity index (χ1v) is 18.6. The molecule has 0 fully saturated rings. The van der Waals surface area contributed by atoms with Crippen LogP contribution in [0.5, 0.6) is 23.0 Å². The van der Waals surface area contributed by atoms with Crippen molar-refractivity contribution in [2.45, 2.75) is 32.0 Å². The van der Waals surface area contributed by atoms with Gasteiger partial charge in [-0.2, -0.15) is 13.2 Å². The molecule has 0 N–H and O–H groups in total. The largest absolute Gasteiger partial charge is 0.457 e. The van der Waals surface area contributed by atoms with Gasteiger partial charge in [0, 0.05) is 22.1 Å². The molecule has 0 atom stereocenters. The number of anilines is 2. The van der Waals surface area contributed by atoms with Gasteiger partial charge in [0.15, 0.2) is 0 Å². The topological polar surface area (TPSA) is 119 Å². The van der Waals surface area contributed by atoms with Crippen molar-refractivity contribution in [2.75, 3.05) is 9.80 Å². The van der Waals surface area contributed by atoms with E-state index in [0.29, 0.717) is 45.7 Å². The zero-order valence-electron chi connectivity index (χ0n) is 30.8. The van der Waals surface area contributed by atoms with Gasteiger partial charge >= 0.3 is 6.18 Å². The number of nitrogens with zero attached hydrogens (tertiary/aromatic N) is 3. The maximum absolute atomic E-state index is 13.4. The van der Waals surface area contributed by atoms with E-state index < -0.39 is 45.5 Å². The first-order chi connectivity index (χ1) is 28.0. The number of ether oxygens (including phenoxy) is 2. The van der Waals surface area contributed by atoms with Crippen LogP contribution in [0.1, 0.15) is 67.2 Å². The minimum absolute atomic E-state index is 0.0600. The number of hydrogen-bond donors (Lipinski definition) is 0. The van der Waals surface area contributed by atoms with E-state index in [-0.39, 0.29) is 39.6 Å². The Balaban J connectivity index is 0.930. The lowest BCUT2D eigenvalue weighted by Gasteiger charge is -2.26. The van der Waals surface area contributed by atoms with Crippen LogP contribution >= 0.6 is 23.2 Å². The quantitative estimate of drug-likeness (QED) is 0.0808. The maximum Gasteiger partial charge on any atom is 0.416 e. The molecular formula is C44H28Cl2F3N3O7. The number of imide groups is 1. The van der Waals surface area contributed by atoms with E-state index >= 15 is 0 Å². The third-order valence-electron chi connectivity index (χ3n) is 10.3. The second-order valence-electron chi connectivity index (χ2n) is 14.3. The molecule has 0 saturated carbocycles. The predicted molar refractivity (Wildman–Crippen MR) is 214 cm³/mol. The average Bonchev–Trinajstić information content (AvgIpc) is 3.65. The van der Waals surface area contributed by atoms with E-state index in [1.165, 1.54) is 24.3 Å². The summed E-state index contributed by atoms with van der Waals surface area (Å²) in [7, 11) is 0. The SMILES string of the molecule is CC(C)(c1ccc(Oc2ccc3c(c2)C(=O)N(c2ccc(C(F)(F)F)cc2[N+](=O)[O-])C3)cc1)c1ccc(Oc2ccc3c(c2)C(=O)N(c2ccc(Cl)cc2Cl)C3=O)cc1. The summed E-state index contributed by atoms with van der Waals surface area (Å²) in [5.41, 5.74) is 0.616. The molecule has 0 spiro atoms. The molecule has 3 amide bonds. The second-order valence-corrected chi connectivity index (χ2v) is 15.1. The molecule has 0 unspecified atom stereocenters. The summed E-state index contributed by atoms with van der Waals surface area (Å²) in [6, 6.07) is 30.9. The van der Waals surface area contributed by atoms with E-state index in [1.54, 1.807) is 54.6 Å². The lowest BCUT2D eigenvalue weighted by molar-refractivity contribution is -0.384. The molecule has 0 bridgehead atoms. The number of halogens is 5. The molecule has 0 aliphatic carbocycles. The van der Waals surface area contributed by atoms with E-state index in [9.17, 15) is 37.7 Å². The third kappa shape index (κ3) is 7.23. The number of benzene rings is 6. The molecule has 0 aromatic heterocycles. The summed E-state index contributed by atoms with van der Waals surface area (Å²) in [6.07, 6.45) is -4.79. The number of fused-ring (bicyclic) bond motifs is 2. The molecule has 6 aromatic rings. The minimum Gasteiger partial charge on any atom is -0.457 e. The summed E-state index contributed by atoms with van der Waals surface area (Å²) in [5, 5.41) is 12.2. The fraction of sp³-hybridized carbons (Fsp3) is 0.114. The number of carbonyl (C=O) groups excluding carboxylic acids is 3. The van der Waals surface area contributed by atoms with Crippen LogP contribution in [0.2, 0.25) is 10.0 Å². The summed E-state index contributed by atoms with van der Waals surface area (Å²) in [6.45, 7) is 4.05. The highest BCUT2D eigenvalue weighted by molar-refractivity contribution is 6.41. The number of hydrogen-bond acceptors (Lipinski definition) is 7. The van der Waals surface area contributed by atoms with Crippen molar-refractivity contribution >= 4 is 58.0 Å². The molecule has 0 radical (unpaired) electrons. The number of nitro groups is 1. The fourth-order valence-corrected chi connectivity index (χ4v) is 7.59. The Bertz CT molecular complexity index is 2740. The molecule has 2 aliphatic heterocycles. The summed E-state index contributed by atoms with van der Waals surface area (Å²) < 4.78 is 51.9. The number of carbonyl (C=O) groups is 3. The zero-order valence-corrected chi connectivity index (χ0v) is 32.4. The van der Waals surface area contributed by atoms with Gasteiger partial charge in [0.2, 0.25) is 0 Å². The summed E-state index contributed by atoms with van der Waals surface area (Å²) in [4.78, 5) is 52.7. The van der Waals surface area contributed by atoms with Gasteiger partial charge in [0.05, 0.1) is 38.9 Å². The molecular weight excluding hydrogens is 810 g/mol. The van der Waals surface area contributed by atoms with Crippen molar-refractivity contribution in [3.05, 3.63) is 180 Å². The smallest absolute Gasteiger partial charge is 0.416 e. The van der Waals surface area contributed by atoms with Gasteiger partial charge in [0.25, 0.3) is 23.4 Å². The van der Waals surface area contributed by atoms with Gasteiger partial charge in [-0.25, -0.2) is 4.90 Å². The van der Waals surface area contributed by atoms with Crippen molar-refractivity contribution in [1.82, 2.24) is 0 Å². The van der Waals surface area contributed by atoms with Crippen molar-refractivity contribution in [2.24, 2.45) is 0 Å². The Hall–Kier alpha value is -6.70. The maximum atomic E-state index is 13.4. The van der Waals surface area contributed by atoms with Crippen molar-refractivity contribution in [3.8, 4) is 23.0 Å². The van der Waals surface area contributed by atoms with E-state index in [4.69, 9.17) is 32.7 Å². The first kappa shape index (κ1) is 39.1. The van der Waals surface area contributed by atoms with Gasteiger partial charge in [-0.1, -0.05) is 67.4 Å². The van der Waals surface area contributed by atoms with Crippen LogP contribution < -0.4 is 19.3 Å². The van der Waals surface area contributed by atoms with Gasteiger partial charge in [0.1, 0.15) is 28.7 Å². The Kier molecular flexibility index (Phi) is 9.68. The molecule has 10 nitrogen and oxygen atoms in total. The van der Waals surface area contributed by atoms with Crippen molar-refractivity contribution < 1.29 is 42.0 Å². The van der Waals surface area contributed by atoms with Crippen LogP contribution in [0.15, 0.2) is 121 Å². The molecule has 8 rings (SSSR count). The van der Waals surface area contributed by atoms with E-state index in [0.717, 1.165) is 27.0 Å². The molecule has 2 aliphatic rings. The van der Waals surface area contributed by atoms with E-state index in [1.807, 2.05) is 24.3 Å². The Morgan fingerprint density at radius 3 is 1.71 bits per heavy atom. The highest BCUT2D eigenvalue weighted by atomic mass is 35.5. The third-order valence-corrected chi connectivity index (χ3v) is 10.8. The summed E-state index contributed by atoms with van der Waals surface area (Å²) in [5.74, 6) is 0.0385. The fourth-order valence-electron chi connectivity index (χ4n) is 7.10. The molecule has 59 heavy (non-hydrogen) atoms. The normalized spacial score (nSPS) is 13.8. The van der Waals surface area contributed by atoms with Crippen molar-refractivity contribution in [1.29, 1.82) is 0 Å². The van der Waals surface area contributed by atoms with Gasteiger partial charge < -0.3 is 9.47 Å². The average molecular weight is 839 g/mol. The first-order valence-electron chi connectivity index (χ1n) is 17.8. The van der Waals surface area contributed by atoms with Crippen LogP contribution in [0, 0.1) is 10.1 Å². The molecule has 2 heterocycles. The lowest BCUT2D eigenvalue weighted by Crippen LogP contribution is -2.29. The van der Waals surface area contributed by atoms with Crippen LogP contribution in [0.25, 0.3) is 0 Å². The molecule has 6 aromatic carbocycles. The molecule has 15 heteroatoms. The van der Waals surface area contributed by atoms with Gasteiger partial charge in [-0.15, -0.1) is 0 Å². The predicted octanol–water partition coefficient (Wildman–Crippen LogP) is 11.8. The number of rotatable bonds is 9. The highest BCUT2D eigenvalue weighted by Gasteiger charge is 2.39. The number of amides is 3. The Labute approximate surface area is 344 Å². The molecule has 0 saturated heterocycles. The van der Waals surface area contributed by atoms with Crippen LogP contribution in [-0.2, 0) is 18.1 Å². The summed E-state index contributed by atoms with van der Waals surface area (Å²) >= 11 is 12.3. The van der Waals surface area contributed by atoms with Crippen LogP contribution in [-0.4, -0.2) is 22.6 Å². The van der Waals surface area contributed by atoms with Gasteiger partial charge in [-0.05, 0) is 102 Å². The zero-order chi connectivity index (χ0) is 42.0. The number of nitro benzene ring substituents is 1. The minimum atomic E-state index is -4.79. The van der Waals surface area contributed by atoms with Crippen LogP contribution in [0.4, 0.5) is 30.2 Å². The van der Waals surface area contributed by atoms with Crippen molar-refractivity contribution in [3.63, 3.8) is 0 Å². The van der Waals surface area contributed by atoms with Gasteiger partial charge in [-0.3, -0.25) is 29.4 Å². The Morgan fingerprint density at radius 2 is 1.14 bits per heavy atom. The molecule has 296 valence electrons. The lowest BCUT2D eigenvalue weighted by atomic mass is 9.78. The highest BCUT2D eigenvalue weighted by Crippen LogP contribution is 2.42. The monoisotopic (exact) mass is 837 g/mol. The Morgan fingerprint density at radius 1 is 0.610 bits per heavy atom. The number of alkyl halides is 3. The van der Waals surface area contributed by atoms with Crippen LogP contribution in [0.3, 0.4) is 0 Å². The standard InChI is InChI=1S/C44H28Cl2F3N3O7/c1-43(2,26-6-13-30(14-7-26)59-32-15-16-33-35(22-32)42(55)51(41(33)54)37-18-9-28(45)20-36(37)46)25-4-11-29(12-5-25)58-31-10-3-24-23-50(40(53)34(24)21-31)38-17-8-27(44(47,48)49)19-39(38)52(56)57/h3-22H,23H2,1-2H3.